The average molecular weight is 507 g/mol. The van der Waals surface area contributed by atoms with Gasteiger partial charge >= 0.3 is 0 Å². The summed E-state index contributed by atoms with van der Waals surface area (Å²) in [7, 11) is 0. The zero-order valence-electron chi connectivity index (χ0n) is 18.5. The van der Waals surface area contributed by atoms with Gasteiger partial charge in [-0.15, -0.1) is 0 Å². The number of piperazine rings is 1. The molecule has 2 aromatic carbocycles. The van der Waals surface area contributed by atoms with Crippen molar-refractivity contribution in [2.75, 3.05) is 43.5 Å². The summed E-state index contributed by atoms with van der Waals surface area (Å²) in [4.78, 5) is 26.9. The second-order valence-corrected chi connectivity index (χ2v) is 9.43. The topological polar surface area (TPSA) is 80.3 Å². The van der Waals surface area contributed by atoms with Crippen LogP contribution in [-0.4, -0.2) is 52.3 Å². The first-order chi connectivity index (χ1) is 16.1. The molecule has 0 radical (unpaired) electrons. The van der Waals surface area contributed by atoms with E-state index in [2.05, 4.69) is 55.0 Å². The van der Waals surface area contributed by atoms with Crippen LogP contribution in [0.15, 0.2) is 63.9 Å². The molecule has 2 aromatic heterocycles. The van der Waals surface area contributed by atoms with Gasteiger partial charge in [-0.1, -0.05) is 34.1 Å². The lowest BCUT2D eigenvalue weighted by atomic mass is 10.2. The molecule has 33 heavy (non-hydrogen) atoms. The Bertz CT molecular complexity index is 1350. The number of fused-ring (bicyclic) bond motifs is 2. The Kier molecular flexibility index (Phi) is 6.28. The summed E-state index contributed by atoms with van der Waals surface area (Å²) in [5.41, 5.74) is 1.54. The Hall–Kier alpha value is -2.97. The predicted molar refractivity (Wildman–Crippen MR) is 137 cm³/mol. The number of unbranched alkanes of at least 4 members (excludes halogenated alkanes) is 1. The van der Waals surface area contributed by atoms with E-state index in [0.717, 1.165) is 61.4 Å². The molecular formula is C25H27BrN6O. The molecule has 5 rings (SSSR count). The van der Waals surface area contributed by atoms with E-state index in [1.165, 1.54) is 10.1 Å². The van der Waals surface area contributed by atoms with Crippen LogP contribution < -0.4 is 16.3 Å². The molecule has 7 nitrogen and oxygen atoms in total. The maximum atomic E-state index is 12.6. The molecule has 1 saturated heterocycles. The summed E-state index contributed by atoms with van der Waals surface area (Å²) in [5, 5.41) is 1.71. The van der Waals surface area contributed by atoms with E-state index >= 15 is 0 Å². The van der Waals surface area contributed by atoms with Gasteiger partial charge in [-0.3, -0.25) is 9.69 Å². The van der Waals surface area contributed by atoms with E-state index in [-0.39, 0.29) is 5.56 Å². The number of nitrogens with zero attached hydrogens (tertiary/aromatic N) is 5. The lowest BCUT2D eigenvalue weighted by Crippen LogP contribution is -2.46. The number of rotatable bonds is 6. The highest BCUT2D eigenvalue weighted by Crippen LogP contribution is 2.20. The summed E-state index contributed by atoms with van der Waals surface area (Å²) in [5.74, 6) is 7.73. The maximum absolute atomic E-state index is 12.6. The fourth-order valence-corrected chi connectivity index (χ4v) is 4.80. The molecule has 0 bridgehead atoms. The van der Waals surface area contributed by atoms with E-state index in [1.54, 1.807) is 6.07 Å². The molecular weight excluding hydrogens is 480 g/mol. The fraction of sp³-hybridized carbons (Fsp3) is 0.320. The molecule has 1 aliphatic rings. The predicted octanol–water partition coefficient (Wildman–Crippen LogP) is 3.57. The van der Waals surface area contributed by atoms with Crippen molar-refractivity contribution in [3.63, 3.8) is 0 Å². The standard InChI is InChI=1S/C25H27BrN6O/c26-19-9-10-22-20(17-19)25(33)32(27)24(29-22)7-3-4-12-30-13-15-31(16-14-30)23-11-8-18-5-1-2-6-21(18)28-23/h1-2,5-6,8-11,17H,3-4,7,12-16,27H2. The van der Waals surface area contributed by atoms with Crippen molar-refractivity contribution in [3.8, 4) is 0 Å². The summed E-state index contributed by atoms with van der Waals surface area (Å²) >= 11 is 3.40. The number of hydrogen-bond donors (Lipinski definition) is 1. The number of aromatic nitrogens is 3. The van der Waals surface area contributed by atoms with Crippen LogP contribution in [0.5, 0.6) is 0 Å². The normalized spacial score (nSPS) is 14.9. The summed E-state index contributed by atoms with van der Waals surface area (Å²) in [6, 6.07) is 18.0. The molecule has 3 heterocycles. The van der Waals surface area contributed by atoms with Crippen LogP contribution >= 0.6 is 15.9 Å². The number of pyridine rings is 1. The highest BCUT2D eigenvalue weighted by molar-refractivity contribution is 9.10. The third-order valence-electron chi connectivity index (χ3n) is 6.34. The third kappa shape index (κ3) is 4.72. The van der Waals surface area contributed by atoms with Gasteiger partial charge in [-0.2, -0.15) is 0 Å². The van der Waals surface area contributed by atoms with Crippen molar-refractivity contribution in [1.82, 2.24) is 19.5 Å². The van der Waals surface area contributed by atoms with Gasteiger partial charge in [-0.05, 0) is 55.8 Å². The van der Waals surface area contributed by atoms with Crippen LogP contribution in [0.25, 0.3) is 21.8 Å². The van der Waals surface area contributed by atoms with Gasteiger partial charge in [0, 0.05) is 42.5 Å². The van der Waals surface area contributed by atoms with Crippen molar-refractivity contribution in [3.05, 3.63) is 75.2 Å². The number of para-hydroxylation sites is 1. The Morgan fingerprint density at radius 3 is 2.58 bits per heavy atom. The van der Waals surface area contributed by atoms with Crippen LogP contribution in [0, 0.1) is 0 Å². The number of nitrogen functional groups attached to an aromatic ring is 1. The molecule has 0 atom stereocenters. The van der Waals surface area contributed by atoms with Crippen molar-refractivity contribution in [1.29, 1.82) is 0 Å². The minimum absolute atomic E-state index is 0.199. The molecule has 1 fully saturated rings. The van der Waals surface area contributed by atoms with Gasteiger partial charge in [-0.25, -0.2) is 14.6 Å². The molecule has 1 aliphatic heterocycles. The number of anilines is 1. The molecule has 0 aliphatic carbocycles. The second-order valence-electron chi connectivity index (χ2n) is 8.51. The number of hydrogen-bond acceptors (Lipinski definition) is 6. The number of nitrogens with two attached hydrogens (primary N) is 1. The van der Waals surface area contributed by atoms with Gasteiger partial charge in [0.25, 0.3) is 5.56 Å². The van der Waals surface area contributed by atoms with Crippen molar-refractivity contribution in [2.45, 2.75) is 19.3 Å². The first kappa shape index (κ1) is 21.9. The minimum atomic E-state index is -0.199. The fourth-order valence-electron chi connectivity index (χ4n) is 4.44. The Morgan fingerprint density at radius 2 is 1.73 bits per heavy atom. The first-order valence-electron chi connectivity index (χ1n) is 11.4. The lowest BCUT2D eigenvalue weighted by Gasteiger charge is -2.35. The van der Waals surface area contributed by atoms with Crippen LogP contribution in [0.4, 0.5) is 5.82 Å². The summed E-state index contributed by atoms with van der Waals surface area (Å²) in [6.45, 7) is 5.05. The molecule has 0 saturated carbocycles. The Morgan fingerprint density at radius 1 is 0.909 bits per heavy atom. The third-order valence-corrected chi connectivity index (χ3v) is 6.83. The molecule has 0 amide bonds. The molecule has 170 valence electrons. The lowest BCUT2D eigenvalue weighted by molar-refractivity contribution is 0.252. The zero-order chi connectivity index (χ0) is 22.8. The highest BCUT2D eigenvalue weighted by atomic mass is 79.9. The number of benzene rings is 2. The molecule has 4 aromatic rings. The quantitative estimate of drug-likeness (QED) is 0.318. The van der Waals surface area contributed by atoms with E-state index in [9.17, 15) is 4.79 Å². The van der Waals surface area contributed by atoms with Gasteiger partial charge in [0.2, 0.25) is 0 Å². The van der Waals surface area contributed by atoms with Crippen LogP contribution in [0.3, 0.4) is 0 Å². The van der Waals surface area contributed by atoms with E-state index < -0.39 is 0 Å². The average Bonchev–Trinajstić information content (AvgIpc) is 2.85. The summed E-state index contributed by atoms with van der Waals surface area (Å²) < 4.78 is 2.04. The first-order valence-corrected chi connectivity index (χ1v) is 12.2. The van der Waals surface area contributed by atoms with Gasteiger partial charge < -0.3 is 10.7 Å². The van der Waals surface area contributed by atoms with Crippen molar-refractivity contribution in [2.24, 2.45) is 0 Å². The highest BCUT2D eigenvalue weighted by Gasteiger charge is 2.18. The van der Waals surface area contributed by atoms with Crippen LogP contribution in [0.1, 0.15) is 18.7 Å². The molecule has 8 heteroatoms. The van der Waals surface area contributed by atoms with Crippen LogP contribution in [-0.2, 0) is 6.42 Å². The minimum Gasteiger partial charge on any atom is -0.354 e. The SMILES string of the molecule is Nn1c(CCCCN2CCN(c3ccc4ccccc4n3)CC2)nc2ccc(Br)cc2c1=O. The van der Waals surface area contributed by atoms with E-state index in [0.29, 0.717) is 23.1 Å². The Balaban J connectivity index is 1.12. The zero-order valence-corrected chi connectivity index (χ0v) is 20.0. The van der Waals surface area contributed by atoms with Gasteiger partial charge in [0.15, 0.2) is 0 Å². The molecule has 2 N–H and O–H groups in total. The largest absolute Gasteiger partial charge is 0.354 e. The van der Waals surface area contributed by atoms with Gasteiger partial charge in [0.1, 0.15) is 11.6 Å². The van der Waals surface area contributed by atoms with Crippen molar-refractivity contribution >= 4 is 43.6 Å². The maximum Gasteiger partial charge on any atom is 0.279 e. The smallest absolute Gasteiger partial charge is 0.279 e. The van der Waals surface area contributed by atoms with Crippen molar-refractivity contribution < 1.29 is 0 Å². The van der Waals surface area contributed by atoms with E-state index in [4.69, 9.17) is 10.8 Å². The van der Waals surface area contributed by atoms with E-state index in [1.807, 2.05) is 24.3 Å². The molecule has 0 unspecified atom stereocenters. The van der Waals surface area contributed by atoms with Gasteiger partial charge in [0.05, 0.1) is 16.4 Å². The van der Waals surface area contributed by atoms with Crippen LogP contribution in [0.2, 0.25) is 0 Å². The second kappa shape index (κ2) is 9.49. The summed E-state index contributed by atoms with van der Waals surface area (Å²) in [6.07, 6.45) is 2.68. The Labute approximate surface area is 200 Å². The number of halogens is 1. The molecule has 0 spiro atoms. The number of aryl methyl sites for hydroxylation is 1. The monoisotopic (exact) mass is 506 g/mol.